The number of hydrogen-bond donors (Lipinski definition) is 1. The maximum Gasteiger partial charge on any atom is 0.338 e. The molecule has 1 amide bonds. The van der Waals surface area contributed by atoms with Crippen molar-refractivity contribution in [3.05, 3.63) is 107 Å². The predicted octanol–water partition coefficient (Wildman–Crippen LogP) is 4.49. The number of esters is 1. The van der Waals surface area contributed by atoms with Crippen LogP contribution in [-0.4, -0.2) is 29.4 Å². The number of ether oxygens (including phenoxy) is 1. The normalized spacial score (nSPS) is 17.4. The summed E-state index contributed by atoms with van der Waals surface area (Å²) >= 11 is 0. The van der Waals surface area contributed by atoms with E-state index in [1.807, 2.05) is 18.2 Å². The Balaban J connectivity index is 1.84. The lowest BCUT2D eigenvalue weighted by molar-refractivity contribution is -0.132. The summed E-state index contributed by atoms with van der Waals surface area (Å²) in [6, 6.07) is 23.2. The van der Waals surface area contributed by atoms with E-state index in [0.717, 1.165) is 0 Å². The Hall–Kier alpha value is -4.19. The first-order chi connectivity index (χ1) is 15.5. The highest BCUT2D eigenvalue weighted by molar-refractivity contribution is 6.51. The molecule has 1 saturated heterocycles. The third-order valence-corrected chi connectivity index (χ3v) is 5.26. The molecule has 1 heterocycles. The first-order valence-electron chi connectivity index (χ1n) is 10.2. The number of carbonyl (C=O) groups excluding carboxylic acids is 3. The van der Waals surface area contributed by atoms with Gasteiger partial charge in [0, 0.05) is 11.3 Å². The van der Waals surface area contributed by atoms with Crippen LogP contribution < -0.4 is 4.90 Å². The molecule has 0 aromatic heterocycles. The molecule has 3 aromatic carbocycles. The molecule has 6 heteroatoms. The van der Waals surface area contributed by atoms with Crippen LogP contribution in [0.4, 0.5) is 5.69 Å². The summed E-state index contributed by atoms with van der Waals surface area (Å²) < 4.78 is 5.01. The van der Waals surface area contributed by atoms with Crippen molar-refractivity contribution < 1.29 is 24.2 Å². The number of benzene rings is 3. The summed E-state index contributed by atoms with van der Waals surface area (Å²) in [4.78, 5) is 39.5. The Bertz CT molecular complexity index is 1180. The summed E-state index contributed by atoms with van der Waals surface area (Å²) in [5.41, 5.74) is 1.92. The number of rotatable bonds is 5. The first kappa shape index (κ1) is 21.1. The Morgan fingerprint density at radius 3 is 2.06 bits per heavy atom. The van der Waals surface area contributed by atoms with Crippen molar-refractivity contribution in [1.82, 2.24) is 0 Å². The molecule has 1 unspecified atom stereocenters. The minimum Gasteiger partial charge on any atom is -0.507 e. The van der Waals surface area contributed by atoms with E-state index in [9.17, 15) is 19.5 Å². The Labute approximate surface area is 185 Å². The predicted molar refractivity (Wildman–Crippen MR) is 120 cm³/mol. The molecule has 1 N–H and O–H groups in total. The minimum atomic E-state index is -0.815. The van der Waals surface area contributed by atoms with Gasteiger partial charge in [-0.2, -0.15) is 0 Å². The summed E-state index contributed by atoms with van der Waals surface area (Å²) in [6.07, 6.45) is 0. The minimum absolute atomic E-state index is 0.0156. The van der Waals surface area contributed by atoms with Gasteiger partial charge in [0.1, 0.15) is 5.76 Å². The Morgan fingerprint density at radius 2 is 1.47 bits per heavy atom. The quantitative estimate of drug-likeness (QED) is 0.281. The van der Waals surface area contributed by atoms with E-state index in [-0.39, 0.29) is 17.9 Å². The fourth-order valence-electron chi connectivity index (χ4n) is 3.77. The highest BCUT2D eigenvalue weighted by Crippen LogP contribution is 2.42. The SMILES string of the molecule is CCOC(=O)c1ccc(N2C(=O)C(=O)C(=C(O)c3ccccc3)C2c2ccccc2)cc1. The summed E-state index contributed by atoms with van der Waals surface area (Å²) in [5, 5.41) is 11.0. The molecule has 3 aromatic rings. The van der Waals surface area contributed by atoms with E-state index in [1.54, 1.807) is 73.7 Å². The fraction of sp³-hybridized carbons (Fsp3) is 0.115. The molecule has 160 valence electrons. The lowest BCUT2D eigenvalue weighted by Gasteiger charge is -2.25. The number of ketones is 1. The van der Waals surface area contributed by atoms with Crippen molar-refractivity contribution in [1.29, 1.82) is 0 Å². The standard InChI is InChI=1S/C26H21NO5/c1-2-32-26(31)19-13-15-20(16-14-19)27-22(17-9-5-3-6-10-17)21(24(29)25(27)30)23(28)18-11-7-4-8-12-18/h3-16,22,28H,2H2,1H3. The van der Waals surface area contributed by atoms with Crippen LogP contribution in [-0.2, 0) is 14.3 Å². The Morgan fingerprint density at radius 1 is 0.875 bits per heavy atom. The molecule has 1 fully saturated rings. The topological polar surface area (TPSA) is 83.9 Å². The van der Waals surface area contributed by atoms with Gasteiger partial charge in [-0.05, 0) is 36.8 Å². The molecule has 4 rings (SSSR count). The van der Waals surface area contributed by atoms with Crippen LogP contribution in [0.2, 0.25) is 0 Å². The highest BCUT2D eigenvalue weighted by Gasteiger charge is 2.46. The number of amides is 1. The lowest BCUT2D eigenvalue weighted by Crippen LogP contribution is -2.29. The van der Waals surface area contributed by atoms with Crippen molar-refractivity contribution >= 4 is 29.1 Å². The largest absolute Gasteiger partial charge is 0.507 e. The number of nitrogens with zero attached hydrogens (tertiary/aromatic N) is 1. The van der Waals surface area contributed by atoms with Gasteiger partial charge in [-0.15, -0.1) is 0 Å². The van der Waals surface area contributed by atoms with E-state index in [1.165, 1.54) is 4.90 Å². The second-order valence-electron chi connectivity index (χ2n) is 7.21. The van der Waals surface area contributed by atoms with E-state index in [4.69, 9.17) is 4.74 Å². The van der Waals surface area contributed by atoms with Crippen molar-refractivity contribution in [3.63, 3.8) is 0 Å². The van der Waals surface area contributed by atoms with Crippen molar-refractivity contribution in [2.75, 3.05) is 11.5 Å². The molecule has 0 radical (unpaired) electrons. The zero-order valence-corrected chi connectivity index (χ0v) is 17.4. The first-order valence-corrected chi connectivity index (χ1v) is 10.2. The van der Waals surface area contributed by atoms with Crippen LogP contribution in [0.25, 0.3) is 5.76 Å². The van der Waals surface area contributed by atoms with Crippen molar-refractivity contribution in [2.24, 2.45) is 0 Å². The van der Waals surface area contributed by atoms with Gasteiger partial charge in [-0.1, -0.05) is 60.7 Å². The fourth-order valence-corrected chi connectivity index (χ4v) is 3.77. The monoisotopic (exact) mass is 427 g/mol. The van der Waals surface area contributed by atoms with Gasteiger partial charge >= 0.3 is 5.97 Å². The molecule has 1 atom stereocenters. The number of anilines is 1. The maximum absolute atomic E-state index is 13.1. The Kier molecular flexibility index (Phi) is 5.85. The number of Topliss-reactive ketones (excluding diaryl/α,β-unsaturated/α-hetero) is 1. The van der Waals surface area contributed by atoms with E-state index >= 15 is 0 Å². The molecule has 0 aliphatic carbocycles. The molecular weight excluding hydrogens is 406 g/mol. The molecule has 1 aliphatic heterocycles. The van der Waals surface area contributed by atoms with Crippen LogP contribution in [0.15, 0.2) is 90.5 Å². The second-order valence-corrected chi connectivity index (χ2v) is 7.21. The summed E-state index contributed by atoms with van der Waals surface area (Å²) in [7, 11) is 0. The average molecular weight is 427 g/mol. The zero-order valence-electron chi connectivity index (χ0n) is 17.4. The van der Waals surface area contributed by atoms with Gasteiger partial charge in [0.15, 0.2) is 0 Å². The maximum atomic E-state index is 13.1. The number of aliphatic hydroxyl groups excluding tert-OH is 1. The third-order valence-electron chi connectivity index (χ3n) is 5.26. The van der Waals surface area contributed by atoms with Gasteiger partial charge < -0.3 is 9.84 Å². The molecule has 0 saturated carbocycles. The highest BCUT2D eigenvalue weighted by atomic mass is 16.5. The van der Waals surface area contributed by atoms with Crippen LogP contribution in [0.5, 0.6) is 0 Å². The van der Waals surface area contributed by atoms with Crippen LogP contribution in [0, 0.1) is 0 Å². The van der Waals surface area contributed by atoms with E-state index in [2.05, 4.69) is 0 Å². The molecule has 1 aliphatic rings. The van der Waals surface area contributed by atoms with Gasteiger partial charge in [-0.3, -0.25) is 14.5 Å². The molecule has 32 heavy (non-hydrogen) atoms. The van der Waals surface area contributed by atoms with E-state index in [0.29, 0.717) is 22.4 Å². The number of aliphatic hydroxyl groups is 1. The number of carbonyl (C=O) groups is 3. The molecule has 0 bridgehead atoms. The van der Waals surface area contributed by atoms with Crippen LogP contribution >= 0.6 is 0 Å². The molecular formula is C26H21NO5. The smallest absolute Gasteiger partial charge is 0.338 e. The van der Waals surface area contributed by atoms with Gasteiger partial charge in [0.25, 0.3) is 11.7 Å². The van der Waals surface area contributed by atoms with E-state index < -0.39 is 23.7 Å². The van der Waals surface area contributed by atoms with Gasteiger partial charge in [0.05, 0.1) is 23.8 Å². The lowest BCUT2D eigenvalue weighted by atomic mass is 9.95. The second kappa shape index (κ2) is 8.89. The third kappa shape index (κ3) is 3.78. The van der Waals surface area contributed by atoms with Gasteiger partial charge in [0.2, 0.25) is 0 Å². The average Bonchev–Trinajstić information content (AvgIpc) is 3.10. The van der Waals surface area contributed by atoms with Crippen molar-refractivity contribution in [2.45, 2.75) is 13.0 Å². The molecule has 6 nitrogen and oxygen atoms in total. The summed E-state index contributed by atoms with van der Waals surface area (Å²) in [6.45, 7) is 1.97. The van der Waals surface area contributed by atoms with Gasteiger partial charge in [-0.25, -0.2) is 4.79 Å². The molecule has 0 spiro atoms. The summed E-state index contributed by atoms with van der Waals surface area (Å²) in [5.74, 6) is -2.22. The zero-order chi connectivity index (χ0) is 22.7. The van der Waals surface area contributed by atoms with Crippen molar-refractivity contribution in [3.8, 4) is 0 Å². The number of hydrogen-bond acceptors (Lipinski definition) is 5. The van der Waals surface area contributed by atoms with Crippen LogP contribution in [0.1, 0.15) is 34.5 Å². The van der Waals surface area contributed by atoms with Crippen LogP contribution in [0.3, 0.4) is 0 Å².